The van der Waals surface area contributed by atoms with E-state index >= 15 is 0 Å². The fraction of sp³-hybridized carbons (Fsp3) is 0.211. The Kier molecular flexibility index (Phi) is 5.81. The maximum atomic E-state index is 11.8. The number of aromatic carboxylic acids is 1. The van der Waals surface area contributed by atoms with E-state index in [0.717, 1.165) is 11.1 Å². The van der Waals surface area contributed by atoms with Gasteiger partial charge in [-0.1, -0.05) is 28.9 Å². The molecule has 0 spiro atoms. The summed E-state index contributed by atoms with van der Waals surface area (Å²) in [5.74, 6) is -0.712. The largest absolute Gasteiger partial charge is 0.477 e. The van der Waals surface area contributed by atoms with Crippen LogP contribution >= 0.6 is 11.6 Å². The van der Waals surface area contributed by atoms with Crippen LogP contribution in [-0.4, -0.2) is 52.7 Å². The van der Waals surface area contributed by atoms with Crippen LogP contribution in [0.15, 0.2) is 41.2 Å². The van der Waals surface area contributed by atoms with Crippen molar-refractivity contribution in [1.29, 1.82) is 0 Å². The topological polar surface area (TPSA) is 111 Å². The van der Waals surface area contributed by atoms with E-state index < -0.39 is 5.97 Å². The number of nitrogens with zero attached hydrogens (tertiary/aromatic N) is 2. The van der Waals surface area contributed by atoms with Gasteiger partial charge < -0.3 is 24.8 Å². The molecule has 3 N–H and O–H groups in total. The van der Waals surface area contributed by atoms with Gasteiger partial charge >= 0.3 is 5.97 Å². The Morgan fingerprint density at radius 3 is 2.71 bits per heavy atom. The molecule has 0 atom stereocenters. The summed E-state index contributed by atoms with van der Waals surface area (Å²) in [6, 6.07) is 6.91. The molecule has 0 saturated carbocycles. The monoisotopic (exact) mass is 402 g/mol. The van der Waals surface area contributed by atoms with Crippen LogP contribution in [0.25, 0.3) is 22.5 Å². The Morgan fingerprint density at radius 2 is 2.07 bits per heavy atom. The highest BCUT2D eigenvalue weighted by molar-refractivity contribution is 6.31. The van der Waals surface area contributed by atoms with Crippen molar-refractivity contribution in [2.75, 3.05) is 20.6 Å². The van der Waals surface area contributed by atoms with Crippen LogP contribution in [0.4, 0.5) is 0 Å². The van der Waals surface area contributed by atoms with Gasteiger partial charge in [0.15, 0.2) is 5.76 Å². The van der Waals surface area contributed by atoms with E-state index in [1.54, 1.807) is 23.4 Å². The van der Waals surface area contributed by atoms with Gasteiger partial charge in [0.1, 0.15) is 5.69 Å². The third kappa shape index (κ3) is 4.41. The first kappa shape index (κ1) is 19.7. The maximum absolute atomic E-state index is 11.8. The van der Waals surface area contributed by atoms with Crippen molar-refractivity contribution >= 4 is 23.5 Å². The van der Waals surface area contributed by atoms with Gasteiger partial charge in [-0.15, -0.1) is 0 Å². The molecule has 1 amide bonds. The van der Waals surface area contributed by atoms with Crippen LogP contribution in [0.1, 0.15) is 16.1 Å². The third-order valence-electron chi connectivity index (χ3n) is 4.05. The smallest absolute Gasteiger partial charge is 0.352 e. The lowest BCUT2D eigenvalue weighted by Crippen LogP contribution is -2.32. The average Bonchev–Trinajstić information content (AvgIpc) is 3.29. The van der Waals surface area contributed by atoms with Gasteiger partial charge in [-0.3, -0.25) is 4.79 Å². The molecule has 2 aromatic heterocycles. The van der Waals surface area contributed by atoms with Crippen LogP contribution in [0.5, 0.6) is 0 Å². The molecule has 1 aromatic carbocycles. The number of likely N-dealkylation sites (N-methyl/N-ethyl adjacent to an activating group) is 1. The number of amides is 1. The number of rotatable bonds is 7. The maximum Gasteiger partial charge on any atom is 0.352 e. The summed E-state index contributed by atoms with van der Waals surface area (Å²) in [6.07, 6.45) is 3.09. The summed E-state index contributed by atoms with van der Waals surface area (Å²) in [6.45, 7) is 0.622. The van der Waals surface area contributed by atoms with Crippen molar-refractivity contribution in [2.24, 2.45) is 0 Å². The molecule has 28 heavy (non-hydrogen) atoms. The number of benzene rings is 1. The lowest BCUT2D eigenvalue weighted by molar-refractivity contribution is -0.121. The summed E-state index contributed by atoms with van der Waals surface area (Å²) in [4.78, 5) is 27.3. The highest BCUT2D eigenvalue weighted by atomic mass is 35.5. The number of aromatic amines is 1. The molecule has 0 fully saturated rings. The van der Waals surface area contributed by atoms with E-state index in [4.69, 9.17) is 21.2 Å². The van der Waals surface area contributed by atoms with Crippen molar-refractivity contribution in [2.45, 2.75) is 6.54 Å². The number of nitrogens with one attached hydrogen (secondary N) is 2. The number of carbonyl (C=O) groups excluding carboxylic acids is 1. The Labute approximate surface area is 166 Å². The summed E-state index contributed by atoms with van der Waals surface area (Å²) in [5.41, 5.74) is 2.86. The number of hydrogen-bond donors (Lipinski definition) is 3. The standard InChI is InChI=1S/C19H19ClN4O4/c1-24(2)10-17(25)22-7-12-4-3-11(5-15(12)20)14-9-23-28-18(14)13-6-16(19(26)27)21-8-13/h3-6,8-9,21H,7,10H2,1-2H3,(H,22,25)(H,26,27). The first-order valence-electron chi connectivity index (χ1n) is 8.42. The Morgan fingerprint density at radius 1 is 1.29 bits per heavy atom. The van der Waals surface area contributed by atoms with Gasteiger partial charge in [-0.25, -0.2) is 4.79 Å². The number of halogens is 1. The molecular weight excluding hydrogens is 384 g/mol. The molecule has 8 nitrogen and oxygen atoms in total. The molecule has 0 saturated heterocycles. The number of carboxylic acids is 1. The highest BCUT2D eigenvalue weighted by Crippen LogP contribution is 2.34. The van der Waals surface area contributed by atoms with E-state index in [1.807, 2.05) is 26.2 Å². The molecule has 3 aromatic rings. The summed E-state index contributed by atoms with van der Waals surface area (Å²) >= 11 is 6.38. The molecular formula is C19H19ClN4O4. The molecule has 2 heterocycles. The quantitative estimate of drug-likeness (QED) is 0.560. The van der Waals surface area contributed by atoms with Crippen molar-refractivity contribution in [3.05, 3.63) is 52.9 Å². The average molecular weight is 403 g/mol. The second-order valence-electron chi connectivity index (χ2n) is 6.50. The number of carbonyl (C=O) groups is 2. The van der Waals surface area contributed by atoms with E-state index in [2.05, 4.69) is 15.5 Å². The SMILES string of the molecule is CN(C)CC(=O)NCc1ccc(-c2cnoc2-c2c[nH]c(C(=O)O)c2)cc1Cl. The number of aromatic nitrogens is 2. The van der Waals surface area contributed by atoms with Gasteiger partial charge in [-0.2, -0.15) is 0 Å². The summed E-state index contributed by atoms with van der Waals surface area (Å²) < 4.78 is 5.32. The number of H-pyrrole nitrogens is 1. The van der Waals surface area contributed by atoms with Crippen molar-refractivity contribution in [3.8, 4) is 22.5 Å². The molecule has 0 aliphatic rings. The Balaban J connectivity index is 1.80. The van der Waals surface area contributed by atoms with Crippen LogP contribution in [0, 0.1) is 0 Å². The van der Waals surface area contributed by atoms with Crippen molar-refractivity contribution < 1.29 is 19.2 Å². The Bertz CT molecular complexity index is 1010. The van der Waals surface area contributed by atoms with Crippen LogP contribution in [-0.2, 0) is 11.3 Å². The van der Waals surface area contributed by atoms with E-state index in [1.165, 1.54) is 6.07 Å². The molecule has 0 unspecified atom stereocenters. The summed E-state index contributed by atoms with van der Waals surface area (Å²) in [7, 11) is 3.64. The molecule has 9 heteroatoms. The molecule has 0 bridgehead atoms. The van der Waals surface area contributed by atoms with Gasteiger partial charge in [-0.05, 0) is 37.4 Å². The summed E-state index contributed by atoms with van der Waals surface area (Å²) in [5, 5.41) is 16.2. The zero-order valence-electron chi connectivity index (χ0n) is 15.3. The minimum absolute atomic E-state index is 0.0548. The van der Waals surface area contributed by atoms with Crippen LogP contribution < -0.4 is 5.32 Å². The molecule has 0 aliphatic carbocycles. The molecule has 3 rings (SSSR count). The first-order chi connectivity index (χ1) is 13.3. The fourth-order valence-corrected chi connectivity index (χ4v) is 2.94. The third-order valence-corrected chi connectivity index (χ3v) is 4.40. The zero-order valence-corrected chi connectivity index (χ0v) is 16.1. The minimum atomic E-state index is -1.06. The molecule has 0 aliphatic heterocycles. The minimum Gasteiger partial charge on any atom is -0.477 e. The van der Waals surface area contributed by atoms with Gasteiger partial charge in [0.05, 0.1) is 12.7 Å². The number of hydrogen-bond acceptors (Lipinski definition) is 5. The lowest BCUT2D eigenvalue weighted by Gasteiger charge is -2.11. The normalized spacial score (nSPS) is 11.0. The van der Waals surface area contributed by atoms with Crippen molar-refractivity contribution in [1.82, 2.24) is 20.4 Å². The van der Waals surface area contributed by atoms with E-state index in [0.29, 0.717) is 35.0 Å². The van der Waals surface area contributed by atoms with Gasteiger partial charge in [0.25, 0.3) is 0 Å². The molecule has 146 valence electrons. The highest BCUT2D eigenvalue weighted by Gasteiger charge is 2.17. The van der Waals surface area contributed by atoms with E-state index in [9.17, 15) is 9.59 Å². The van der Waals surface area contributed by atoms with E-state index in [-0.39, 0.29) is 11.6 Å². The van der Waals surface area contributed by atoms with Gasteiger partial charge in [0, 0.05) is 28.9 Å². The number of carboxylic acid groups (broad SMARTS) is 1. The predicted octanol–water partition coefficient (Wildman–Crippen LogP) is 2.87. The predicted molar refractivity (Wildman–Crippen MR) is 104 cm³/mol. The van der Waals surface area contributed by atoms with Crippen LogP contribution in [0.3, 0.4) is 0 Å². The second kappa shape index (κ2) is 8.28. The van der Waals surface area contributed by atoms with Gasteiger partial charge in [0.2, 0.25) is 5.91 Å². The Hall–Kier alpha value is -3.10. The first-order valence-corrected chi connectivity index (χ1v) is 8.80. The lowest BCUT2D eigenvalue weighted by atomic mass is 10.0. The van der Waals surface area contributed by atoms with Crippen LogP contribution in [0.2, 0.25) is 5.02 Å². The zero-order chi connectivity index (χ0) is 20.3. The fourth-order valence-electron chi connectivity index (χ4n) is 2.70. The molecule has 0 radical (unpaired) electrons. The van der Waals surface area contributed by atoms with Crippen molar-refractivity contribution in [3.63, 3.8) is 0 Å². The second-order valence-corrected chi connectivity index (χ2v) is 6.90.